The van der Waals surface area contributed by atoms with Gasteiger partial charge in [0.15, 0.2) is 0 Å². The third-order valence-corrected chi connectivity index (χ3v) is 2.12. The van der Waals surface area contributed by atoms with Crippen LogP contribution in [0, 0.1) is 0 Å². The average Bonchev–Trinajstić information content (AvgIpc) is 2.55. The molecule has 0 amide bonds. The van der Waals surface area contributed by atoms with Gasteiger partial charge in [-0.15, -0.1) is 11.3 Å². The van der Waals surface area contributed by atoms with E-state index in [1.165, 1.54) is 11.3 Å². The normalized spacial score (nSPS) is 11.3. The van der Waals surface area contributed by atoms with Crippen LogP contribution in [0.2, 0.25) is 0 Å². The lowest BCUT2D eigenvalue weighted by Gasteiger charge is -1.99. The monoisotopic (exact) mass is 182 g/mol. The Morgan fingerprint density at radius 2 is 2.42 bits per heavy atom. The van der Waals surface area contributed by atoms with Crippen LogP contribution in [0.3, 0.4) is 0 Å². The Morgan fingerprint density at radius 1 is 1.67 bits per heavy atom. The van der Waals surface area contributed by atoms with Crippen LogP contribution in [0.15, 0.2) is 28.5 Å². The van der Waals surface area contributed by atoms with Crippen LogP contribution in [-0.2, 0) is 4.79 Å². The second-order valence-electron chi connectivity index (χ2n) is 2.32. The van der Waals surface area contributed by atoms with Gasteiger partial charge in [0.05, 0.1) is 0 Å². The fourth-order valence-electron chi connectivity index (χ4n) is 0.615. The standard InChI is InChI=1S/C9H10O2S/c1-3-7(2)9(10)11-8-4-5-12-6-8/h3-6H,1-2H3. The second kappa shape index (κ2) is 4.07. The van der Waals surface area contributed by atoms with E-state index >= 15 is 0 Å². The van der Waals surface area contributed by atoms with E-state index in [0.717, 1.165) is 0 Å². The lowest BCUT2D eigenvalue weighted by Crippen LogP contribution is -2.08. The molecule has 0 unspecified atom stereocenters. The first-order chi connectivity index (χ1) is 5.74. The third-order valence-electron chi connectivity index (χ3n) is 1.46. The van der Waals surface area contributed by atoms with Gasteiger partial charge in [0.1, 0.15) is 5.75 Å². The van der Waals surface area contributed by atoms with Gasteiger partial charge in [-0.1, -0.05) is 6.08 Å². The molecule has 0 aliphatic heterocycles. The zero-order valence-electron chi connectivity index (χ0n) is 7.03. The molecule has 0 fully saturated rings. The highest BCUT2D eigenvalue weighted by atomic mass is 32.1. The molecule has 1 rings (SSSR count). The summed E-state index contributed by atoms with van der Waals surface area (Å²) in [6, 6.07) is 1.77. The molecule has 0 spiro atoms. The molecule has 0 aliphatic rings. The molecule has 3 heteroatoms. The number of ether oxygens (including phenoxy) is 1. The topological polar surface area (TPSA) is 26.3 Å². The van der Waals surface area contributed by atoms with Crippen molar-refractivity contribution in [1.29, 1.82) is 0 Å². The molecule has 2 nitrogen and oxygen atoms in total. The van der Waals surface area contributed by atoms with Gasteiger partial charge >= 0.3 is 5.97 Å². The molecule has 0 saturated heterocycles. The summed E-state index contributed by atoms with van der Waals surface area (Å²) in [5.74, 6) is 0.335. The molecule has 0 saturated carbocycles. The van der Waals surface area contributed by atoms with Crippen LogP contribution < -0.4 is 4.74 Å². The van der Waals surface area contributed by atoms with Gasteiger partial charge in [-0.3, -0.25) is 0 Å². The van der Waals surface area contributed by atoms with Gasteiger partial charge in [0, 0.05) is 11.0 Å². The number of allylic oxidation sites excluding steroid dienone is 1. The minimum absolute atomic E-state index is 0.282. The lowest BCUT2D eigenvalue weighted by molar-refractivity contribution is -0.130. The van der Waals surface area contributed by atoms with E-state index in [9.17, 15) is 4.79 Å². The summed E-state index contributed by atoms with van der Waals surface area (Å²) in [6.45, 7) is 3.54. The van der Waals surface area contributed by atoms with E-state index < -0.39 is 0 Å². The smallest absolute Gasteiger partial charge is 0.338 e. The highest BCUT2D eigenvalue weighted by Crippen LogP contribution is 2.15. The maximum absolute atomic E-state index is 11.2. The number of hydrogen-bond acceptors (Lipinski definition) is 3. The van der Waals surface area contributed by atoms with Crippen molar-refractivity contribution in [3.63, 3.8) is 0 Å². The van der Waals surface area contributed by atoms with Crippen molar-refractivity contribution in [1.82, 2.24) is 0 Å². The molecule has 0 bridgehead atoms. The third kappa shape index (κ3) is 2.20. The quantitative estimate of drug-likeness (QED) is 0.519. The van der Waals surface area contributed by atoms with Crippen LogP contribution in [0.25, 0.3) is 0 Å². The van der Waals surface area contributed by atoms with Crippen LogP contribution in [-0.4, -0.2) is 5.97 Å². The predicted octanol–water partition coefficient (Wildman–Crippen LogP) is 2.62. The minimum Gasteiger partial charge on any atom is -0.422 e. The van der Waals surface area contributed by atoms with Crippen LogP contribution in [0.4, 0.5) is 0 Å². The zero-order valence-corrected chi connectivity index (χ0v) is 7.85. The highest BCUT2D eigenvalue weighted by molar-refractivity contribution is 7.08. The maximum Gasteiger partial charge on any atom is 0.338 e. The second-order valence-corrected chi connectivity index (χ2v) is 3.10. The van der Waals surface area contributed by atoms with E-state index in [4.69, 9.17) is 4.74 Å². The Bertz CT molecular complexity index is 285. The van der Waals surface area contributed by atoms with Crippen molar-refractivity contribution in [2.75, 3.05) is 0 Å². The molecule has 1 heterocycles. The van der Waals surface area contributed by atoms with Gasteiger partial charge < -0.3 is 4.74 Å². The maximum atomic E-state index is 11.2. The molecular formula is C9H10O2S. The molecule has 0 N–H and O–H groups in total. The van der Waals surface area contributed by atoms with E-state index in [-0.39, 0.29) is 5.97 Å². The fraction of sp³-hybridized carbons (Fsp3) is 0.222. The van der Waals surface area contributed by atoms with Gasteiger partial charge in [-0.25, -0.2) is 4.79 Å². The fourth-order valence-corrected chi connectivity index (χ4v) is 1.17. The van der Waals surface area contributed by atoms with Crippen molar-refractivity contribution in [3.05, 3.63) is 28.5 Å². The van der Waals surface area contributed by atoms with Crippen LogP contribution in [0.5, 0.6) is 5.75 Å². The summed E-state index contributed by atoms with van der Waals surface area (Å²) >= 11 is 1.50. The summed E-state index contributed by atoms with van der Waals surface area (Å²) in [5.41, 5.74) is 0.626. The Labute approximate surface area is 75.5 Å². The Morgan fingerprint density at radius 3 is 2.92 bits per heavy atom. The van der Waals surface area contributed by atoms with E-state index in [2.05, 4.69) is 0 Å². The van der Waals surface area contributed by atoms with Gasteiger partial charge in [0.2, 0.25) is 0 Å². The molecule has 0 radical (unpaired) electrons. The number of rotatable bonds is 2. The highest BCUT2D eigenvalue weighted by Gasteiger charge is 2.05. The average molecular weight is 182 g/mol. The Hall–Kier alpha value is -1.09. The molecule has 1 aromatic heterocycles. The number of carbonyl (C=O) groups is 1. The number of hydrogen-bond donors (Lipinski definition) is 0. The number of esters is 1. The molecular weight excluding hydrogens is 172 g/mol. The largest absolute Gasteiger partial charge is 0.422 e. The molecule has 64 valence electrons. The molecule has 0 atom stereocenters. The summed E-state index contributed by atoms with van der Waals surface area (Å²) in [5, 5.41) is 3.66. The van der Waals surface area contributed by atoms with Crippen molar-refractivity contribution < 1.29 is 9.53 Å². The lowest BCUT2D eigenvalue weighted by atomic mass is 10.3. The van der Waals surface area contributed by atoms with Gasteiger partial charge in [-0.2, -0.15) is 0 Å². The molecule has 0 aliphatic carbocycles. The summed E-state index contributed by atoms with van der Waals surface area (Å²) in [4.78, 5) is 11.2. The van der Waals surface area contributed by atoms with Crippen molar-refractivity contribution in [2.45, 2.75) is 13.8 Å². The van der Waals surface area contributed by atoms with E-state index in [0.29, 0.717) is 11.3 Å². The first kappa shape index (κ1) is 9.00. The van der Waals surface area contributed by atoms with Crippen LogP contribution >= 0.6 is 11.3 Å². The molecule has 0 aromatic carbocycles. The van der Waals surface area contributed by atoms with Crippen molar-refractivity contribution in [2.24, 2.45) is 0 Å². The van der Waals surface area contributed by atoms with Crippen molar-refractivity contribution >= 4 is 17.3 Å². The number of carbonyl (C=O) groups excluding carboxylic acids is 1. The Kier molecular flexibility index (Phi) is 3.05. The summed E-state index contributed by atoms with van der Waals surface area (Å²) < 4.78 is 5.01. The van der Waals surface area contributed by atoms with Crippen LogP contribution in [0.1, 0.15) is 13.8 Å². The summed E-state index contributed by atoms with van der Waals surface area (Å²) in [6.07, 6.45) is 1.73. The van der Waals surface area contributed by atoms with E-state index in [1.54, 1.807) is 24.4 Å². The minimum atomic E-state index is -0.282. The van der Waals surface area contributed by atoms with E-state index in [1.807, 2.05) is 12.3 Å². The molecule has 12 heavy (non-hydrogen) atoms. The SMILES string of the molecule is CC=C(C)C(=O)Oc1ccsc1. The molecule has 1 aromatic rings. The first-order valence-corrected chi connectivity index (χ1v) is 4.55. The summed E-state index contributed by atoms with van der Waals surface area (Å²) in [7, 11) is 0. The first-order valence-electron chi connectivity index (χ1n) is 3.61. The zero-order chi connectivity index (χ0) is 8.97. The van der Waals surface area contributed by atoms with Gasteiger partial charge in [0.25, 0.3) is 0 Å². The number of thiophene rings is 1. The van der Waals surface area contributed by atoms with Gasteiger partial charge in [-0.05, 0) is 25.3 Å². The Balaban J connectivity index is 2.59. The van der Waals surface area contributed by atoms with Crippen molar-refractivity contribution in [3.8, 4) is 5.75 Å². The predicted molar refractivity (Wildman–Crippen MR) is 49.4 cm³/mol.